The summed E-state index contributed by atoms with van der Waals surface area (Å²) in [5.74, 6) is 0.949. The Balaban J connectivity index is 1.54. The Bertz CT molecular complexity index is 1290. The van der Waals surface area contributed by atoms with Crippen molar-refractivity contribution in [2.45, 2.75) is 65.4 Å². The van der Waals surface area contributed by atoms with E-state index in [1.165, 1.54) is 11.9 Å². The Morgan fingerprint density at radius 2 is 1.78 bits per heavy atom. The predicted octanol–water partition coefficient (Wildman–Crippen LogP) is 6.80. The van der Waals surface area contributed by atoms with Crippen LogP contribution >= 0.6 is 0 Å². The third kappa shape index (κ3) is 6.27. The van der Waals surface area contributed by atoms with Gasteiger partial charge in [0.05, 0.1) is 6.61 Å². The van der Waals surface area contributed by atoms with Crippen LogP contribution in [0.25, 0.3) is 33.7 Å². The van der Waals surface area contributed by atoms with Crippen LogP contribution in [0.15, 0.2) is 59.4 Å². The number of aryl methyl sites for hydroxylation is 1. The van der Waals surface area contributed by atoms with Crippen LogP contribution in [-0.2, 0) is 16.0 Å². The van der Waals surface area contributed by atoms with E-state index in [1.54, 1.807) is 6.20 Å². The molecule has 4 rings (SSSR count). The summed E-state index contributed by atoms with van der Waals surface area (Å²) in [6.45, 7) is 8.24. The number of carbonyl (C=O) groups excluding carboxylic acids is 1. The molecule has 3 heterocycles. The molecule has 0 saturated carbocycles. The van der Waals surface area contributed by atoms with Gasteiger partial charge in [0.2, 0.25) is 11.6 Å². The van der Waals surface area contributed by atoms with Crippen molar-refractivity contribution in [3.05, 3.63) is 60.6 Å². The fourth-order valence-electron chi connectivity index (χ4n) is 3.99. The molecular weight excluding hydrogens is 454 g/mol. The second-order valence-corrected chi connectivity index (χ2v) is 9.68. The topological polar surface area (TPSA) is 87.3 Å². The molecule has 0 spiro atoms. The molecule has 0 radical (unpaired) electrons. The molecule has 36 heavy (non-hydrogen) atoms. The summed E-state index contributed by atoms with van der Waals surface area (Å²) in [5.41, 5.74) is 3.84. The minimum Gasteiger partial charge on any atom is -0.477 e. The number of hydrogen-bond donors (Lipinski definition) is 0. The first-order valence-corrected chi connectivity index (χ1v) is 12.5. The quantitative estimate of drug-likeness (QED) is 0.180. The van der Waals surface area contributed by atoms with Crippen molar-refractivity contribution in [1.82, 2.24) is 15.0 Å². The van der Waals surface area contributed by atoms with E-state index in [0.717, 1.165) is 47.9 Å². The van der Waals surface area contributed by atoms with Crippen molar-refractivity contribution >= 4 is 17.1 Å². The Kier molecular flexibility index (Phi) is 7.98. The second kappa shape index (κ2) is 11.3. The Morgan fingerprint density at radius 3 is 2.47 bits per heavy atom. The highest BCUT2D eigenvalue weighted by Crippen LogP contribution is 2.42. The molecule has 4 aromatic rings. The average molecular weight is 488 g/mol. The van der Waals surface area contributed by atoms with Crippen molar-refractivity contribution in [3.8, 4) is 28.5 Å². The normalized spacial score (nSPS) is 11.6. The van der Waals surface area contributed by atoms with Gasteiger partial charge in [-0.15, -0.1) is 0 Å². The number of aromatic nitrogens is 3. The number of carbonyl (C=O) groups is 1. The molecule has 7 nitrogen and oxygen atoms in total. The van der Waals surface area contributed by atoms with Crippen molar-refractivity contribution in [3.63, 3.8) is 0 Å². The lowest BCUT2D eigenvalue weighted by Crippen LogP contribution is -2.23. The fourth-order valence-corrected chi connectivity index (χ4v) is 3.99. The SMILES string of the molecule is CCc1ccc(-c2c(-c3ccccn3)oc3ncnc(OCCCCCC(=O)OC(C)(C)C)c23)cc1. The van der Waals surface area contributed by atoms with E-state index >= 15 is 0 Å². The zero-order chi connectivity index (χ0) is 25.5. The maximum Gasteiger partial charge on any atom is 0.306 e. The molecule has 0 bridgehead atoms. The lowest BCUT2D eigenvalue weighted by molar-refractivity contribution is -0.154. The molecule has 7 heteroatoms. The Morgan fingerprint density at radius 1 is 0.972 bits per heavy atom. The lowest BCUT2D eigenvalue weighted by Gasteiger charge is -2.19. The van der Waals surface area contributed by atoms with Gasteiger partial charge >= 0.3 is 5.97 Å². The zero-order valence-corrected chi connectivity index (χ0v) is 21.4. The van der Waals surface area contributed by atoms with E-state index in [9.17, 15) is 4.79 Å². The average Bonchev–Trinajstić information content (AvgIpc) is 3.26. The van der Waals surface area contributed by atoms with E-state index in [0.29, 0.717) is 30.4 Å². The molecule has 188 valence electrons. The first-order valence-electron chi connectivity index (χ1n) is 12.5. The van der Waals surface area contributed by atoms with Gasteiger partial charge < -0.3 is 13.9 Å². The van der Waals surface area contributed by atoms with Crippen LogP contribution in [0.1, 0.15) is 58.9 Å². The minimum absolute atomic E-state index is 0.167. The number of rotatable bonds is 10. The predicted molar refractivity (Wildman–Crippen MR) is 140 cm³/mol. The van der Waals surface area contributed by atoms with Gasteiger partial charge in [-0.05, 0) is 69.7 Å². The van der Waals surface area contributed by atoms with Crippen LogP contribution in [0.5, 0.6) is 5.88 Å². The van der Waals surface area contributed by atoms with Crippen LogP contribution in [0.4, 0.5) is 0 Å². The van der Waals surface area contributed by atoms with Crippen molar-refractivity contribution in [1.29, 1.82) is 0 Å². The molecule has 0 fully saturated rings. The van der Waals surface area contributed by atoms with E-state index in [4.69, 9.17) is 13.9 Å². The standard InChI is InChI=1S/C29H33N3O4/c1-5-20-13-15-21(16-14-20)24-25-27(34-18-10-6-7-12-23(33)36-29(2,3)4)31-19-32-28(25)35-26(24)22-11-8-9-17-30-22/h8-9,11,13-17,19H,5-7,10,12,18H2,1-4H3. The molecule has 0 amide bonds. The van der Waals surface area contributed by atoms with Crippen molar-refractivity contribution in [2.75, 3.05) is 6.61 Å². The molecule has 0 aliphatic carbocycles. The Hall–Kier alpha value is -3.74. The fraction of sp³-hybridized carbons (Fsp3) is 0.379. The van der Waals surface area contributed by atoms with Crippen LogP contribution < -0.4 is 4.74 Å². The largest absolute Gasteiger partial charge is 0.477 e. The number of furan rings is 1. The number of hydrogen-bond acceptors (Lipinski definition) is 7. The van der Waals surface area contributed by atoms with Gasteiger partial charge in [0.25, 0.3) is 0 Å². The van der Waals surface area contributed by atoms with Crippen LogP contribution in [0.2, 0.25) is 0 Å². The monoisotopic (exact) mass is 487 g/mol. The van der Waals surface area contributed by atoms with Crippen LogP contribution in [-0.4, -0.2) is 33.1 Å². The summed E-state index contributed by atoms with van der Waals surface area (Å²) < 4.78 is 17.7. The maximum absolute atomic E-state index is 11.9. The summed E-state index contributed by atoms with van der Waals surface area (Å²) in [6, 6.07) is 14.1. The summed E-state index contributed by atoms with van der Waals surface area (Å²) in [4.78, 5) is 25.2. The highest BCUT2D eigenvalue weighted by Gasteiger charge is 2.23. The molecule has 1 aromatic carbocycles. The molecule has 3 aromatic heterocycles. The number of pyridine rings is 1. The summed E-state index contributed by atoms with van der Waals surface area (Å²) in [5, 5.41) is 0.733. The molecule has 0 saturated heterocycles. The number of benzene rings is 1. The second-order valence-electron chi connectivity index (χ2n) is 9.68. The van der Waals surface area contributed by atoms with E-state index in [2.05, 4.69) is 46.1 Å². The minimum atomic E-state index is -0.453. The molecule has 0 aliphatic rings. The number of esters is 1. The number of unbranched alkanes of at least 4 members (excludes halogenated alkanes) is 2. The Labute approximate surface area is 211 Å². The van der Waals surface area contributed by atoms with E-state index < -0.39 is 5.60 Å². The first-order chi connectivity index (χ1) is 17.4. The van der Waals surface area contributed by atoms with Crippen molar-refractivity contribution in [2.24, 2.45) is 0 Å². The molecular formula is C29H33N3O4. The highest BCUT2D eigenvalue weighted by molar-refractivity contribution is 6.02. The van der Waals surface area contributed by atoms with Gasteiger partial charge in [-0.1, -0.05) is 37.3 Å². The lowest BCUT2D eigenvalue weighted by atomic mass is 9.99. The van der Waals surface area contributed by atoms with Gasteiger partial charge in [-0.2, -0.15) is 0 Å². The number of fused-ring (bicyclic) bond motifs is 1. The molecule has 0 N–H and O–H groups in total. The molecule has 0 aliphatic heterocycles. The zero-order valence-electron chi connectivity index (χ0n) is 21.4. The van der Waals surface area contributed by atoms with Gasteiger partial charge in [0.1, 0.15) is 23.0 Å². The summed E-state index contributed by atoms with van der Waals surface area (Å²) in [7, 11) is 0. The molecule has 0 atom stereocenters. The van der Waals surface area contributed by atoms with Gasteiger partial charge in [-0.3, -0.25) is 9.78 Å². The third-order valence-corrected chi connectivity index (χ3v) is 5.69. The summed E-state index contributed by atoms with van der Waals surface area (Å²) in [6.07, 6.45) is 6.96. The van der Waals surface area contributed by atoms with Gasteiger partial charge in [-0.25, -0.2) is 9.97 Å². The number of nitrogens with zero attached hydrogens (tertiary/aromatic N) is 3. The smallest absolute Gasteiger partial charge is 0.306 e. The van der Waals surface area contributed by atoms with Crippen molar-refractivity contribution < 1.29 is 18.7 Å². The van der Waals surface area contributed by atoms with Gasteiger partial charge in [0, 0.05) is 18.2 Å². The highest BCUT2D eigenvalue weighted by atomic mass is 16.6. The van der Waals surface area contributed by atoms with Gasteiger partial charge in [0.15, 0.2) is 5.76 Å². The summed E-state index contributed by atoms with van der Waals surface area (Å²) >= 11 is 0. The first kappa shape index (κ1) is 25.4. The third-order valence-electron chi connectivity index (χ3n) is 5.69. The van der Waals surface area contributed by atoms with E-state index in [1.807, 2.05) is 39.0 Å². The maximum atomic E-state index is 11.9. The van der Waals surface area contributed by atoms with Crippen LogP contribution in [0, 0.1) is 0 Å². The number of ether oxygens (including phenoxy) is 2. The van der Waals surface area contributed by atoms with Crippen LogP contribution in [0.3, 0.4) is 0 Å². The molecule has 0 unspecified atom stereocenters. The van der Waals surface area contributed by atoms with E-state index in [-0.39, 0.29) is 5.97 Å².